The Morgan fingerprint density at radius 2 is 1.79 bits per heavy atom. The van der Waals surface area contributed by atoms with E-state index in [0.717, 1.165) is 0 Å². The highest BCUT2D eigenvalue weighted by Crippen LogP contribution is 2.11. The van der Waals surface area contributed by atoms with Crippen molar-refractivity contribution in [2.24, 2.45) is 0 Å². The summed E-state index contributed by atoms with van der Waals surface area (Å²) in [5.74, 6) is 0. The Hall–Kier alpha value is -0.169. The van der Waals surface area contributed by atoms with Gasteiger partial charge in [0.1, 0.15) is 17.2 Å². The molecular weight excluding hydrogens is 218 g/mol. The van der Waals surface area contributed by atoms with Crippen LogP contribution in [0.3, 0.4) is 0 Å². The fourth-order valence-electron chi connectivity index (χ4n) is 1.53. The van der Waals surface area contributed by atoms with Gasteiger partial charge < -0.3 is 4.65 Å². The average molecular weight is 242 g/mol. The average Bonchev–Trinajstić information content (AvgIpc) is 2.17. The van der Waals surface area contributed by atoms with Crippen molar-refractivity contribution in [1.29, 1.82) is 0 Å². The lowest BCUT2D eigenvalue weighted by atomic mass is 11.3. The molecule has 3 atom stereocenters. The first-order valence-electron chi connectivity index (χ1n) is 5.14. The first-order valence-corrected chi connectivity index (χ1v) is 13.0. The summed E-state index contributed by atoms with van der Waals surface area (Å²) < 4.78 is 3.79. The van der Waals surface area contributed by atoms with Gasteiger partial charge in [-0.25, -0.2) is 0 Å². The standard InChI is InChI=1S/C10H23NSi3/c1-7-12(4)10-14(6,9-3)11-13(5)8-2/h7-9,11-13H,1-3,10H2,4-6H3. The predicted molar refractivity (Wildman–Crippen MR) is 76.2 cm³/mol. The second kappa shape index (κ2) is 6.34. The summed E-state index contributed by atoms with van der Waals surface area (Å²) in [6.45, 7) is 18.7. The maximum Gasteiger partial charge on any atom is 0.137 e. The van der Waals surface area contributed by atoms with E-state index < -0.39 is 26.0 Å². The summed E-state index contributed by atoms with van der Waals surface area (Å²) in [6, 6.07) is 0. The summed E-state index contributed by atoms with van der Waals surface area (Å²) in [6.07, 6.45) is 0. The molecule has 0 fully saturated rings. The smallest absolute Gasteiger partial charge is 0.137 e. The first-order chi connectivity index (χ1) is 6.47. The molecule has 1 N–H and O–H groups in total. The molecule has 0 aromatic carbocycles. The van der Waals surface area contributed by atoms with Crippen LogP contribution < -0.4 is 4.65 Å². The third-order valence-corrected chi connectivity index (χ3v) is 15.4. The van der Waals surface area contributed by atoms with Crippen LogP contribution in [0.2, 0.25) is 25.3 Å². The van der Waals surface area contributed by atoms with Crippen LogP contribution in [0.5, 0.6) is 0 Å². The molecule has 0 aliphatic heterocycles. The van der Waals surface area contributed by atoms with Crippen molar-refractivity contribution in [2.75, 3.05) is 0 Å². The van der Waals surface area contributed by atoms with E-state index >= 15 is 0 Å². The second-order valence-electron chi connectivity index (χ2n) is 4.21. The molecule has 0 aromatic rings. The van der Waals surface area contributed by atoms with E-state index in [-0.39, 0.29) is 0 Å². The summed E-state index contributed by atoms with van der Waals surface area (Å²) in [4.78, 5) is 0. The van der Waals surface area contributed by atoms with Crippen LogP contribution >= 0.6 is 0 Å². The molecule has 1 nitrogen and oxygen atoms in total. The van der Waals surface area contributed by atoms with Crippen LogP contribution in [0, 0.1) is 0 Å². The SMILES string of the molecule is C=C[SiH](C)C[Si](C)(C=C)N[SiH](C)C=C. The molecule has 0 radical (unpaired) electrons. The number of rotatable bonds is 7. The zero-order chi connectivity index (χ0) is 11.2. The van der Waals surface area contributed by atoms with Crippen molar-refractivity contribution in [1.82, 2.24) is 4.65 Å². The summed E-state index contributed by atoms with van der Waals surface area (Å²) >= 11 is 0. The molecule has 0 rings (SSSR count). The number of hydrogen-bond donors (Lipinski definition) is 1. The maximum absolute atomic E-state index is 3.98. The zero-order valence-corrected chi connectivity index (χ0v) is 13.0. The monoisotopic (exact) mass is 241 g/mol. The van der Waals surface area contributed by atoms with Gasteiger partial charge in [-0.15, -0.1) is 25.4 Å². The molecule has 0 saturated heterocycles. The zero-order valence-electron chi connectivity index (χ0n) is 9.72. The molecule has 3 unspecified atom stereocenters. The summed E-state index contributed by atoms with van der Waals surface area (Å²) in [5, 5.41) is 0. The van der Waals surface area contributed by atoms with Gasteiger partial charge in [0.2, 0.25) is 0 Å². The molecule has 0 spiro atoms. The lowest BCUT2D eigenvalue weighted by molar-refractivity contribution is 1.38. The molecule has 0 aliphatic carbocycles. The van der Waals surface area contributed by atoms with Gasteiger partial charge in [-0.3, -0.25) is 0 Å². The van der Waals surface area contributed by atoms with Crippen molar-refractivity contribution in [2.45, 2.75) is 25.3 Å². The van der Waals surface area contributed by atoms with Gasteiger partial charge in [-0.2, -0.15) is 0 Å². The van der Waals surface area contributed by atoms with Crippen molar-refractivity contribution < 1.29 is 0 Å². The van der Waals surface area contributed by atoms with Crippen molar-refractivity contribution in [3.8, 4) is 0 Å². The third-order valence-electron chi connectivity index (χ3n) is 2.51. The Balaban J connectivity index is 4.38. The van der Waals surface area contributed by atoms with Crippen molar-refractivity contribution in [3.05, 3.63) is 36.8 Å². The van der Waals surface area contributed by atoms with Crippen LogP contribution in [0.4, 0.5) is 0 Å². The highest BCUT2D eigenvalue weighted by atomic mass is 28.4. The van der Waals surface area contributed by atoms with Crippen LogP contribution in [0.1, 0.15) is 0 Å². The predicted octanol–water partition coefficient (Wildman–Crippen LogP) is 2.08. The van der Waals surface area contributed by atoms with E-state index in [1.54, 1.807) is 0 Å². The largest absolute Gasteiger partial charge is 0.356 e. The lowest BCUT2D eigenvalue weighted by Crippen LogP contribution is -2.54. The lowest BCUT2D eigenvalue weighted by Gasteiger charge is -2.28. The van der Waals surface area contributed by atoms with Gasteiger partial charge in [0.15, 0.2) is 0 Å². The van der Waals surface area contributed by atoms with Crippen LogP contribution in [-0.4, -0.2) is 26.0 Å². The Morgan fingerprint density at radius 3 is 2.14 bits per heavy atom. The van der Waals surface area contributed by atoms with Gasteiger partial charge in [-0.1, -0.05) is 31.0 Å². The van der Waals surface area contributed by atoms with Gasteiger partial charge in [0, 0.05) is 0 Å². The molecule has 4 heteroatoms. The van der Waals surface area contributed by atoms with Crippen LogP contribution in [0.15, 0.2) is 36.8 Å². The minimum atomic E-state index is -1.40. The first kappa shape index (κ1) is 13.8. The minimum Gasteiger partial charge on any atom is -0.356 e. The molecular formula is C10H23NSi3. The highest BCUT2D eigenvalue weighted by Gasteiger charge is 2.26. The molecule has 0 aliphatic rings. The number of nitrogens with one attached hydrogen (secondary N) is 1. The van der Waals surface area contributed by atoms with Gasteiger partial charge >= 0.3 is 0 Å². The van der Waals surface area contributed by atoms with Crippen LogP contribution in [0.25, 0.3) is 0 Å². The van der Waals surface area contributed by atoms with E-state index in [9.17, 15) is 0 Å². The Kier molecular flexibility index (Phi) is 6.26. The quantitative estimate of drug-likeness (QED) is 0.673. The van der Waals surface area contributed by atoms with E-state index in [1.165, 1.54) is 5.67 Å². The highest BCUT2D eigenvalue weighted by molar-refractivity contribution is 6.96. The summed E-state index contributed by atoms with van der Waals surface area (Å²) in [7, 11) is -3.01. The Labute approximate surface area is 93.0 Å². The molecule has 0 amide bonds. The molecule has 0 bridgehead atoms. The van der Waals surface area contributed by atoms with Gasteiger partial charge in [0.05, 0.1) is 8.80 Å². The topological polar surface area (TPSA) is 12.0 Å². The third kappa shape index (κ3) is 4.90. The van der Waals surface area contributed by atoms with Gasteiger partial charge in [0.25, 0.3) is 0 Å². The molecule has 80 valence electrons. The van der Waals surface area contributed by atoms with E-state index in [1.807, 2.05) is 0 Å². The Morgan fingerprint density at radius 1 is 1.21 bits per heavy atom. The van der Waals surface area contributed by atoms with E-state index in [2.05, 4.69) is 61.1 Å². The second-order valence-corrected chi connectivity index (χ2v) is 14.7. The minimum absolute atomic E-state index is 0.714. The Bertz CT molecular complexity index is 199. The van der Waals surface area contributed by atoms with E-state index in [4.69, 9.17) is 0 Å². The van der Waals surface area contributed by atoms with E-state index in [0.29, 0.717) is 0 Å². The van der Waals surface area contributed by atoms with Gasteiger partial charge in [-0.05, 0) is 5.67 Å². The molecule has 14 heavy (non-hydrogen) atoms. The fourth-order valence-corrected chi connectivity index (χ4v) is 14.9. The molecule has 0 saturated carbocycles. The normalized spacial score (nSPS) is 19.1. The van der Waals surface area contributed by atoms with Crippen molar-refractivity contribution in [3.63, 3.8) is 0 Å². The summed E-state index contributed by atoms with van der Waals surface area (Å²) in [5.41, 5.74) is 7.75. The molecule has 0 aromatic heterocycles. The molecule has 0 heterocycles. The number of hydrogen-bond acceptors (Lipinski definition) is 1. The fraction of sp³-hybridized carbons (Fsp3) is 0.400. The van der Waals surface area contributed by atoms with Crippen molar-refractivity contribution >= 4 is 26.0 Å². The maximum atomic E-state index is 3.98. The van der Waals surface area contributed by atoms with Crippen LogP contribution in [-0.2, 0) is 0 Å².